The summed E-state index contributed by atoms with van der Waals surface area (Å²) in [6.07, 6.45) is -2.31. The van der Waals surface area contributed by atoms with Crippen LogP contribution in [0, 0.1) is 0 Å². The maximum atomic E-state index is 12.8. The standard InChI is InChI=1S/C16H11F3N4O4S/c17-16(18,19)9-1-4-14-21-10(8-23(14)7-9)6-20-28(25,26)11-2-3-12-13(5-11)27-15(24)22-12/h1-5,7-8,20H,6H2,(H,22,24). The third kappa shape index (κ3) is 3.39. The van der Waals surface area contributed by atoms with Crippen LogP contribution in [-0.4, -0.2) is 22.8 Å². The van der Waals surface area contributed by atoms with Gasteiger partial charge in [0.15, 0.2) is 5.58 Å². The molecule has 0 aliphatic carbocycles. The normalized spacial score (nSPS) is 12.8. The van der Waals surface area contributed by atoms with E-state index in [1.54, 1.807) is 0 Å². The van der Waals surface area contributed by atoms with Crippen LogP contribution in [0.3, 0.4) is 0 Å². The van der Waals surface area contributed by atoms with Gasteiger partial charge in [0.2, 0.25) is 10.0 Å². The molecule has 0 bridgehead atoms. The van der Waals surface area contributed by atoms with Gasteiger partial charge in [-0.2, -0.15) is 13.2 Å². The summed E-state index contributed by atoms with van der Waals surface area (Å²) in [6, 6.07) is 5.96. The van der Waals surface area contributed by atoms with E-state index in [0.29, 0.717) is 5.52 Å². The van der Waals surface area contributed by atoms with Gasteiger partial charge in [0.25, 0.3) is 0 Å². The van der Waals surface area contributed by atoms with E-state index in [-0.39, 0.29) is 28.4 Å². The zero-order valence-corrected chi connectivity index (χ0v) is 14.6. The molecule has 2 N–H and O–H groups in total. The fourth-order valence-electron chi connectivity index (χ4n) is 2.64. The second-order valence-corrected chi connectivity index (χ2v) is 7.68. The topological polar surface area (TPSA) is 109 Å². The second-order valence-electron chi connectivity index (χ2n) is 5.91. The maximum absolute atomic E-state index is 12.8. The summed E-state index contributed by atoms with van der Waals surface area (Å²) in [5.41, 5.74) is 0.0748. The lowest BCUT2D eigenvalue weighted by atomic mass is 10.3. The number of sulfonamides is 1. The minimum atomic E-state index is -4.49. The maximum Gasteiger partial charge on any atom is 0.417 e. The number of rotatable bonds is 4. The summed E-state index contributed by atoms with van der Waals surface area (Å²) in [5, 5.41) is 0. The van der Waals surface area contributed by atoms with Gasteiger partial charge in [-0.25, -0.2) is 22.9 Å². The molecule has 1 aromatic carbocycles. The van der Waals surface area contributed by atoms with Crippen molar-refractivity contribution in [1.29, 1.82) is 0 Å². The summed E-state index contributed by atoms with van der Waals surface area (Å²) in [5.74, 6) is -0.708. The minimum Gasteiger partial charge on any atom is -0.408 e. The largest absolute Gasteiger partial charge is 0.417 e. The third-order valence-corrected chi connectivity index (χ3v) is 5.37. The van der Waals surface area contributed by atoms with Crippen molar-refractivity contribution in [2.45, 2.75) is 17.6 Å². The first-order chi connectivity index (χ1) is 13.1. The van der Waals surface area contributed by atoms with Gasteiger partial charge in [-0.05, 0) is 24.3 Å². The molecular weight excluding hydrogens is 401 g/mol. The Hall–Kier alpha value is -3.12. The van der Waals surface area contributed by atoms with E-state index < -0.39 is 27.5 Å². The average molecular weight is 412 g/mol. The lowest BCUT2D eigenvalue weighted by Crippen LogP contribution is -2.23. The number of benzene rings is 1. The van der Waals surface area contributed by atoms with Crippen molar-refractivity contribution in [1.82, 2.24) is 19.1 Å². The summed E-state index contributed by atoms with van der Waals surface area (Å²) in [6.45, 7) is -0.236. The van der Waals surface area contributed by atoms with Gasteiger partial charge in [0, 0.05) is 18.5 Å². The number of halogens is 3. The molecule has 3 heterocycles. The van der Waals surface area contributed by atoms with Gasteiger partial charge in [0.05, 0.1) is 28.2 Å². The van der Waals surface area contributed by atoms with Crippen molar-refractivity contribution in [3.8, 4) is 0 Å². The van der Waals surface area contributed by atoms with Crippen LogP contribution in [0.1, 0.15) is 11.3 Å². The summed E-state index contributed by atoms with van der Waals surface area (Å²) >= 11 is 0. The highest BCUT2D eigenvalue weighted by atomic mass is 32.2. The van der Waals surface area contributed by atoms with Crippen LogP contribution >= 0.6 is 0 Å². The molecule has 4 aromatic rings. The van der Waals surface area contributed by atoms with Gasteiger partial charge < -0.3 is 8.82 Å². The van der Waals surface area contributed by atoms with Crippen LogP contribution in [0.2, 0.25) is 0 Å². The highest BCUT2D eigenvalue weighted by molar-refractivity contribution is 7.89. The van der Waals surface area contributed by atoms with Crippen molar-refractivity contribution in [3.05, 3.63) is 64.5 Å². The lowest BCUT2D eigenvalue weighted by molar-refractivity contribution is -0.137. The SMILES string of the molecule is O=c1[nH]c2ccc(S(=O)(=O)NCc3cn4cc(C(F)(F)F)ccc4n3)cc2o1. The minimum absolute atomic E-state index is 0.0836. The van der Waals surface area contributed by atoms with Crippen molar-refractivity contribution in [3.63, 3.8) is 0 Å². The number of hydrogen-bond donors (Lipinski definition) is 2. The van der Waals surface area contributed by atoms with Crippen LogP contribution in [0.15, 0.2) is 56.8 Å². The number of H-pyrrole nitrogens is 1. The van der Waals surface area contributed by atoms with Crippen molar-refractivity contribution < 1.29 is 26.0 Å². The summed E-state index contributed by atoms with van der Waals surface area (Å²) in [7, 11) is -3.96. The lowest BCUT2D eigenvalue weighted by Gasteiger charge is -2.05. The molecule has 0 saturated carbocycles. The number of hydrogen-bond acceptors (Lipinski definition) is 5. The van der Waals surface area contributed by atoms with Crippen molar-refractivity contribution in [2.24, 2.45) is 0 Å². The number of pyridine rings is 1. The molecule has 0 aliphatic heterocycles. The van der Waals surface area contributed by atoms with Gasteiger partial charge in [-0.15, -0.1) is 0 Å². The molecule has 0 fully saturated rings. The highest BCUT2D eigenvalue weighted by Gasteiger charge is 2.30. The number of aromatic nitrogens is 3. The quantitative estimate of drug-likeness (QED) is 0.534. The van der Waals surface area contributed by atoms with E-state index in [1.165, 1.54) is 34.9 Å². The second kappa shape index (κ2) is 6.21. The van der Waals surface area contributed by atoms with E-state index in [1.807, 2.05) is 0 Å². The van der Waals surface area contributed by atoms with E-state index in [0.717, 1.165) is 12.3 Å². The van der Waals surface area contributed by atoms with Crippen LogP contribution in [0.5, 0.6) is 0 Å². The van der Waals surface area contributed by atoms with Crippen LogP contribution < -0.4 is 10.5 Å². The highest BCUT2D eigenvalue weighted by Crippen LogP contribution is 2.29. The first kappa shape index (κ1) is 18.3. The number of nitrogens with one attached hydrogen (secondary N) is 2. The summed E-state index contributed by atoms with van der Waals surface area (Å²) in [4.78, 5) is 17.5. The molecule has 0 atom stereocenters. The van der Waals surface area contributed by atoms with Gasteiger partial charge in [0.1, 0.15) is 5.65 Å². The molecule has 146 valence electrons. The molecule has 3 aromatic heterocycles. The van der Waals surface area contributed by atoms with Crippen molar-refractivity contribution >= 4 is 26.8 Å². The number of aromatic amines is 1. The number of nitrogens with zero attached hydrogens (tertiary/aromatic N) is 2. The molecule has 0 saturated heterocycles. The Labute approximate surface area is 154 Å². The molecule has 0 aliphatic rings. The van der Waals surface area contributed by atoms with Gasteiger partial charge in [-0.3, -0.25) is 4.98 Å². The van der Waals surface area contributed by atoms with Crippen LogP contribution in [-0.2, 0) is 22.7 Å². The Morgan fingerprint density at radius 1 is 1.18 bits per heavy atom. The number of oxazole rings is 1. The van der Waals surface area contributed by atoms with E-state index in [2.05, 4.69) is 14.7 Å². The Balaban J connectivity index is 1.57. The predicted molar refractivity (Wildman–Crippen MR) is 91.1 cm³/mol. The van der Waals surface area contributed by atoms with Crippen LogP contribution in [0.25, 0.3) is 16.7 Å². The van der Waals surface area contributed by atoms with Gasteiger partial charge in [-0.1, -0.05) is 0 Å². The van der Waals surface area contributed by atoms with E-state index in [9.17, 15) is 26.4 Å². The number of alkyl halides is 3. The molecule has 28 heavy (non-hydrogen) atoms. The molecule has 4 rings (SSSR count). The molecule has 0 unspecified atom stereocenters. The van der Waals surface area contributed by atoms with Gasteiger partial charge >= 0.3 is 11.9 Å². The van der Waals surface area contributed by atoms with E-state index in [4.69, 9.17) is 4.42 Å². The van der Waals surface area contributed by atoms with Crippen molar-refractivity contribution in [2.75, 3.05) is 0 Å². The predicted octanol–water partition coefficient (Wildman–Crippen LogP) is 2.27. The Kier molecular flexibility index (Phi) is 4.05. The average Bonchev–Trinajstić information content (AvgIpc) is 3.19. The molecule has 0 radical (unpaired) electrons. The molecule has 0 spiro atoms. The molecule has 8 nitrogen and oxygen atoms in total. The Bertz CT molecular complexity index is 1350. The number of imidazole rings is 1. The number of fused-ring (bicyclic) bond motifs is 2. The Morgan fingerprint density at radius 2 is 1.96 bits per heavy atom. The molecular formula is C16H11F3N4O4S. The summed E-state index contributed by atoms with van der Waals surface area (Å²) < 4.78 is 71.5. The fourth-order valence-corrected chi connectivity index (χ4v) is 3.66. The molecule has 12 heteroatoms. The first-order valence-corrected chi connectivity index (χ1v) is 9.27. The fraction of sp³-hybridized carbons (Fsp3) is 0.125. The van der Waals surface area contributed by atoms with Crippen LogP contribution in [0.4, 0.5) is 13.2 Å². The smallest absolute Gasteiger partial charge is 0.408 e. The molecule has 0 amide bonds. The zero-order valence-electron chi connectivity index (χ0n) is 13.8. The van der Waals surface area contributed by atoms with E-state index >= 15 is 0 Å². The monoisotopic (exact) mass is 412 g/mol. The Morgan fingerprint density at radius 3 is 2.71 bits per heavy atom. The zero-order chi connectivity index (χ0) is 20.1. The first-order valence-electron chi connectivity index (χ1n) is 7.79. The third-order valence-electron chi connectivity index (χ3n) is 3.97.